The third kappa shape index (κ3) is 3.26. The molecular formula is C8H10O6. The molecule has 0 unspecified atom stereocenters. The van der Waals surface area contributed by atoms with E-state index in [1.807, 2.05) is 0 Å². The Morgan fingerprint density at radius 1 is 1.14 bits per heavy atom. The van der Waals surface area contributed by atoms with Crippen LogP contribution in [-0.4, -0.2) is 33.2 Å². The van der Waals surface area contributed by atoms with Crippen LogP contribution >= 0.6 is 0 Å². The number of rotatable bonds is 5. The van der Waals surface area contributed by atoms with Crippen molar-refractivity contribution in [1.82, 2.24) is 0 Å². The number of hydrogen-bond donors (Lipinski definition) is 3. The second kappa shape index (κ2) is 5.00. The summed E-state index contributed by atoms with van der Waals surface area (Å²) in [7, 11) is 0. The Kier molecular flexibility index (Phi) is 4.34. The molecule has 3 N–H and O–H groups in total. The molecule has 0 atom stereocenters. The van der Waals surface area contributed by atoms with Gasteiger partial charge in [0.2, 0.25) is 0 Å². The van der Waals surface area contributed by atoms with Crippen molar-refractivity contribution in [3.63, 3.8) is 0 Å². The molecule has 0 fully saturated rings. The normalized spacial score (nSPS) is 11.4. The molecule has 78 valence electrons. The number of aliphatic carboxylic acids is 3. The van der Waals surface area contributed by atoms with Gasteiger partial charge in [0, 0.05) is 5.57 Å². The third-order valence-electron chi connectivity index (χ3n) is 1.56. The van der Waals surface area contributed by atoms with E-state index >= 15 is 0 Å². The molecule has 6 nitrogen and oxygen atoms in total. The molecule has 0 aromatic heterocycles. The van der Waals surface area contributed by atoms with E-state index in [4.69, 9.17) is 15.3 Å². The summed E-state index contributed by atoms with van der Waals surface area (Å²) in [5, 5.41) is 25.4. The first-order valence-electron chi connectivity index (χ1n) is 3.79. The van der Waals surface area contributed by atoms with E-state index in [0.29, 0.717) is 0 Å². The van der Waals surface area contributed by atoms with E-state index in [9.17, 15) is 14.4 Å². The van der Waals surface area contributed by atoms with Crippen LogP contribution in [0, 0.1) is 5.92 Å². The van der Waals surface area contributed by atoms with Crippen LogP contribution in [0.3, 0.4) is 0 Å². The Labute approximate surface area is 79.5 Å². The van der Waals surface area contributed by atoms with Crippen molar-refractivity contribution in [2.75, 3.05) is 0 Å². The molecule has 0 spiro atoms. The molecule has 0 heterocycles. The number of hydrogen-bond acceptors (Lipinski definition) is 3. The fourth-order valence-electron chi connectivity index (χ4n) is 0.790. The van der Waals surface area contributed by atoms with Crippen LogP contribution in [0.1, 0.15) is 13.3 Å². The van der Waals surface area contributed by atoms with E-state index in [2.05, 4.69) is 0 Å². The van der Waals surface area contributed by atoms with Crippen molar-refractivity contribution in [3.8, 4) is 0 Å². The monoisotopic (exact) mass is 202 g/mol. The molecule has 6 heteroatoms. The van der Waals surface area contributed by atoms with Gasteiger partial charge in [0.25, 0.3) is 0 Å². The van der Waals surface area contributed by atoms with Gasteiger partial charge in [-0.15, -0.1) is 0 Å². The van der Waals surface area contributed by atoms with Crippen molar-refractivity contribution in [1.29, 1.82) is 0 Å². The molecule has 0 aliphatic rings. The average Bonchev–Trinajstić information content (AvgIpc) is 2.03. The summed E-state index contributed by atoms with van der Waals surface area (Å²) in [4.78, 5) is 31.3. The Balaban J connectivity index is 4.95. The molecule has 0 saturated carbocycles. The quantitative estimate of drug-likeness (QED) is 0.433. The van der Waals surface area contributed by atoms with Gasteiger partial charge in [-0.2, -0.15) is 0 Å². The van der Waals surface area contributed by atoms with Crippen molar-refractivity contribution >= 4 is 17.9 Å². The minimum atomic E-state index is -1.80. The first-order valence-corrected chi connectivity index (χ1v) is 3.79. The first kappa shape index (κ1) is 12.2. The highest BCUT2D eigenvalue weighted by atomic mass is 16.4. The van der Waals surface area contributed by atoms with Gasteiger partial charge in [-0.1, -0.05) is 6.92 Å². The van der Waals surface area contributed by atoms with E-state index in [0.717, 1.165) is 6.08 Å². The minimum Gasteiger partial charge on any atom is -0.480 e. The lowest BCUT2D eigenvalue weighted by atomic mass is 10.0. The lowest BCUT2D eigenvalue weighted by Crippen LogP contribution is -2.22. The summed E-state index contributed by atoms with van der Waals surface area (Å²) in [6, 6.07) is 0. The standard InChI is InChI=1S/C8H10O6/c1-2-4(6(9)10)3-5(7(11)12)8(13)14/h3,5H,2H2,1H3,(H,9,10)(H,11,12)(H,13,14). The van der Waals surface area contributed by atoms with E-state index in [-0.39, 0.29) is 12.0 Å². The molecule has 0 rings (SSSR count). The SMILES string of the molecule is CCC(=CC(C(=O)O)C(=O)O)C(=O)O. The Morgan fingerprint density at radius 3 is 1.79 bits per heavy atom. The lowest BCUT2D eigenvalue weighted by molar-refractivity contribution is -0.151. The van der Waals surface area contributed by atoms with E-state index in [1.54, 1.807) is 0 Å². The summed E-state index contributed by atoms with van der Waals surface area (Å²) in [5.41, 5.74) is -0.222. The molecule has 0 aromatic carbocycles. The van der Waals surface area contributed by atoms with Crippen molar-refractivity contribution < 1.29 is 29.7 Å². The van der Waals surface area contributed by atoms with Crippen LogP contribution in [0.4, 0.5) is 0 Å². The predicted octanol–water partition coefficient (Wildman–Crippen LogP) is 0.193. The molecule has 0 aromatic rings. The summed E-state index contributed by atoms with van der Waals surface area (Å²) in [5.74, 6) is -6.27. The number of carbonyl (C=O) groups is 3. The molecule has 0 aliphatic heterocycles. The Bertz CT molecular complexity index is 276. The van der Waals surface area contributed by atoms with E-state index in [1.165, 1.54) is 6.92 Å². The van der Waals surface area contributed by atoms with Crippen LogP contribution < -0.4 is 0 Å². The molecular weight excluding hydrogens is 192 g/mol. The Morgan fingerprint density at radius 2 is 1.57 bits per heavy atom. The molecule has 14 heavy (non-hydrogen) atoms. The van der Waals surface area contributed by atoms with Gasteiger partial charge in [0.15, 0.2) is 5.92 Å². The van der Waals surface area contributed by atoms with Crippen LogP contribution in [0.25, 0.3) is 0 Å². The lowest BCUT2D eigenvalue weighted by Gasteiger charge is -2.03. The van der Waals surface area contributed by atoms with Gasteiger partial charge in [0.1, 0.15) is 0 Å². The highest BCUT2D eigenvalue weighted by Crippen LogP contribution is 2.08. The Hall–Kier alpha value is -1.85. The van der Waals surface area contributed by atoms with Crippen molar-refractivity contribution in [2.45, 2.75) is 13.3 Å². The van der Waals surface area contributed by atoms with Crippen LogP contribution in [0.2, 0.25) is 0 Å². The summed E-state index contributed by atoms with van der Waals surface area (Å²) < 4.78 is 0. The van der Waals surface area contributed by atoms with Crippen LogP contribution in [-0.2, 0) is 14.4 Å². The first-order chi connectivity index (χ1) is 6.40. The highest BCUT2D eigenvalue weighted by molar-refractivity contribution is 5.97. The molecule has 0 saturated heterocycles. The zero-order chi connectivity index (χ0) is 11.3. The highest BCUT2D eigenvalue weighted by Gasteiger charge is 2.24. The maximum atomic E-state index is 10.5. The fraction of sp³-hybridized carbons (Fsp3) is 0.375. The maximum absolute atomic E-state index is 10.5. The summed E-state index contributed by atoms with van der Waals surface area (Å²) in [6.45, 7) is 1.50. The van der Waals surface area contributed by atoms with Gasteiger partial charge in [-0.25, -0.2) is 4.79 Å². The van der Waals surface area contributed by atoms with E-state index < -0.39 is 23.8 Å². The number of carboxylic acids is 3. The zero-order valence-corrected chi connectivity index (χ0v) is 7.43. The predicted molar refractivity (Wildman–Crippen MR) is 44.8 cm³/mol. The van der Waals surface area contributed by atoms with Crippen molar-refractivity contribution in [3.05, 3.63) is 11.6 Å². The third-order valence-corrected chi connectivity index (χ3v) is 1.56. The van der Waals surface area contributed by atoms with Gasteiger partial charge in [0.05, 0.1) is 0 Å². The summed E-state index contributed by atoms with van der Waals surface area (Å²) >= 11 is 0. The van der Waals surface area contributed by atoms with Crippen LogP contribution in [0.5, 0.6) is 0 Å². The minimum absolute atomic E-state index is 0.0758. The zero-order valence-electron chi connectivity index (χ0n) is 7.43. The fourth-order valence-corrected chi connectivity index (χ4v) is 0.790. The molecule has 0 radical (unpaired) electrons. The van der Waals surface area contributed by atoms with Gasteiger partial charge < -0.3 is 15.3 Å². The second-order valence-corrected chi connectivity index (χ2v) is 2.50. The molecule has 0 amide bonds. The van der Waals surface area contributed by atoms with Gasteiger partial charge in [-0.05, 0) is 12.5 Å². The molecule has 0 aliphatic carbocycles. The summed E-state index contributed by atoms with van der Waals surface area (Å²) in [6.07, 6.45) is 0.805. The topological polar surface area (TPSA) is 112 Å². The van der Waals surface area contributed by atoms with Crippen LogP contribution in [0.15, 0.2) is 11.6 Å². The largest absolute Gasteiger partial charge is 0.480 e. The second-order valence-electron chi connectivity index (χ2n) is 2.50. The number of carboxylic acid groups (broad SMARTS) is 3. The van der Waals surface area contributed by atoms with Gasteiger partial charge >= 0.3 is 17.9 Å². The van der Waals surface area contributed by atoms with Gasteiger partial charge in [-0.3, -0.25) is 9.59 Å². The smallest absolute Gasteiger partial charge is 0.331 e. The molecule has 0 bridgehead atoms. The average molecular weight is 202 g/mol. The maximum Gasteiger partial charge on any atom is 0.331 e. The van der Waals surface area contributed by atoms with Crippen molar-refractivity contribution in [2.24, 2.45) is 5.92 Å².